The maximum atomic E-state index is 13.2. The molecule has 0 spiro atoms. The van der Waals surface area contributed by atoms with E-state index in [0.717, 1.165) is 27.1 Å². The van der Waals surface area contributed by atoms with Gasteiger partial charge in [0.05, 0.1) is 17.6 Å². The largest absolute Gasteiger partial charge is 0.384 e. The monoisotopic (exact) mass is 483 g/mol. The first-order valence-electron chi connectivity index (χ1n) is 10.4. The van der Waals surface area contributed by atoms with Crippen LogP contribution in [0.4, 0.5) is 5.13 Å². The van der Waals surface area contributed by atoms with Crippen LogP contribution in [0.1, 0.15) is 55.7 Å². The molecule has 9 heteroatoms. The van der Waals surface area contributed by atoms with E-state index < -0.39 is 5.92 Å². The smallest absolute Gasteiger partial charge is 0.219 e. The predicted octanol–water partition coefficient (Wildman–Crippen LogP) is 5.48. The molecule has 0 aromatic carbocycles. The van der Waals surface area contributed by atoms with Gasteiger partial charge in [0, 0.05) is 33.2 Å². The maximum Gasteiger partial charge on any atom is 0.219 e. The van der Waals surface area contributed by atoms with Gasteiger partial charge in [0.2, 0.25) is 5.13 Å². The fourth-order valence-corrected chi connectivity index (χ4v) is 6.81. The Morgan fingerprint density at radius 3 is 2.78 bits per heavy atom. The molecule has 6 nitrogen and oxygen atoms in total. The van der Waals surface area contributed by atoms with E-state index in [4.69, 9.17) is 5.73 Å². The number of carbonyl (C=O) groups excluding carboxylic acids is 1. The number of hydrogen-bond acceptors (Lipinski definition) is 9. The lowest BCUT2D eigenvalue weighted by Gasteiger charge is -2.37. The Balaban J connectivity index is 1.85. The fourth-order valence-electron chi connectivity index (χ4n) is 3.98. The lowest BCUT2D eigenvalue weighted by Crippen LogP contribution is -2.38. The molecule has 0 bridgehead atoms. The van der Waals surface area contributed by atoms with Gasteiger partial charge in [0.15, 0.2) is 10.1 Å². The number of Topliss-reactive ketones (excluding diaryl/α,β-unsaturated/α-hetero) is 1. The number of nitrogens with two attached hydrogens (primary N) is 1. The first-order chi connectivity index (χ1) is 15.3. The first kappa shape index (κ1) is 22.8. The van der Waals surface area contributed by atoms with Crippen molar-refractivity contribution >= 4 is 45.4 Å². The highest BCUT2D eigenvalue weighted by molar-refractivity contribution is 8.01. The Kier molecular flexibility index (Phi) is 6.30. The normalized spacial score (nSPS) is 19.2. The van der Waals surface area contributed by atoms with Crippen LogP contribution < -0.4 is 10.6 Å². The highest BCUT2D eigenvalue weighted by Gasteiger charge is 2.42. The minimum atomic E-state index is -0.428. The first-order valence-corrected chi connectivity index (χ1v) is 13.0. The summed E-state index contributed by atoms with van der Waals surface area (Å²) in [7, 11) is 0. The van der Waals surface area contributed by atoms with Crippen molar-refractivity contribution in [2.45, 2.75) is 55.7 Å². The minimum Gasteiger partial charge on any atom is -0.384 e. The molecule has 166 valence electrons. The van der Waals surface area contributed by atoms with Gasteiger partial charge in [-0.25, -0.2) is 0 Å². The van der Waals surface area contributed by atoms with Crippen molar-refractivity contribution in [3.05, 3.63) is 57.2 Å². The third-order valence-electron chi connectivity index (χ3n) is 5.48. The van der Waals surface area contributed by atoms with Crippen molar-refractivity contribution in [3.63, 3.8) is 0 Å². The van der Waals surface area contributed by atoms with Crippen LogP contribution in [0.15, 0.2) is 51.8 Å². The average molecular weight is 484 g/mol. The lowest BCUT2D eigenvalue weighted by molar-refractivity contribution is -0.116. The molecule has 3 heterocycles. The molecule has 1 atom stereocenters. The number of thiophene rings is 1. The number of rotatable bonds is 5. The molecule has 2 aromatic rings. The standard InChI is InChI=1S/C23H25N5OS3/c1-5-11-30-22-27-26-21(32-22)28-14-7-6-8-15(29)19(14)18(13(12-24)20(28)25)16-9-10-17(31-16)23(2,3)4/h5,9-10,18H,1,6-8,11,25H2,2-4H3. The Bertz CT molecular complexity index is 1170. The molecule has 2 aromatic heterocycles. The zero-order valence-electron chi connectivity index (χ0n) is 18.3. The summed E-state index contributed by atoms with van der Waals surface area (Å²) in [5.74, 6) is 0.723. The van der Waals surface area contributed by atoms with Gasteiger partial charge in [0.1, 0.15) is 5.82 Å². The molecule has 1 aliphatic heterocycles. The van der Waals surface area contributed by atoms with Crippen LogP contribution in [-0.2, 0) is 10.2 Å². The summed E-state index contributed by atoms with van der Waals surface area (Å²) in [5.41, 5.74) is 8.53. The fraction of sp³-hybridized carbons (Fsp3) is 0.391. The molecule has 4 rings (SSSR count). The van der Waals surface area contributed by atoms with E-state index in [1.165, 1.54) is 16.2 Å². The average Bonchev–Trinajstić information content (AvgIpc) is 3.41. The highest BCUT2D eigenvalue weighted by atomic mass is 32.2. The molecule has 0 radical (unpaired) electrons. The van der Waals surface area contributed by atoms with Crippen molar-refractivity contribution in [2.24, 2.45) is 5.73 Å². The zero-order chi connectivity index (χ0) is 23.0. The second-order valence-corrected chi connectivity index (χ2v) is 12.1. The van der Waals surface area contributed by atoms with Crippen molar-refractivity contribution in [2.75, 3.05) is 10.7 Å². The number of nitriles is 1. The van der Waals surface area contributed by atoms with Crippen molar-refractivity contribution < 1.29 is 4.79 Å². The summed E-state index contributed by atoms with van der Waals surface area (Å²) in [4.78, 5) is 17.2. The van der Waals surface area contributed by atoms with Crippen molar-refractivity contribution in [1.29, 1.82) is 5.26 Å². The van der Waals surface area contributed by atoms with Gasteiger partial charge >= 0.3 is 0 Å². The third kappa shape index (κ3) is 4.03. The summed E-state index contributed by atoms with van der Waals surface area (Å²) < 4.78 is 0.797. The van der Waals surface area contributed by atoms with Gasteiger partial charge < -0.3 is 5.73 Å². The Morgan fingerprint density at radius 2 is 2.12 bits per heavy atom. The van der Waals surface area contributed by atoms with Gasteiger partial charge in [-0.2, -0.15) is 5.26 Å². The topological polar surface area (TPSA) is 95.9 Å². The summed E-state index contributed by atoms with van der Waals surface area (Å²) in [6.07, 6.45) is 3.76. The minimum absolute atomic E-state index is 0.00840. The van der Waals surface area contributed by atoms with Gasteiger partial charge in [-0.3, -0.25) is 9.69 Å². The van der Waals surface area contributed by atoms with E-state index in [1.54, 1.807) is 28.0 Å². The van der Waals surface area contributed by atoms with Crippen molar-refractivity contribution in [3.8, 4) is 6.07 Å². The lowest BCUT2D eigenvalue weighted by atomic mass is 9.78. The van der Waals surface area contributed by atoms with Crippen LogP contribution in [0, 0.1) is 11.3 Å². The number of allylic oxidation sites excluding steroid dienone is 3. The molecule has 32 heavy (non-hydrogen) atoms. The van der Waals surface area contributed by atoms with E-state index in [9.17, 15) is 10.1 Å². The number of anilines is 1. The Hall–Kier alpha value is -2.41. The number of carbonyl (C=O) groups is 1. The van der Waals surface area contributed by atoms with E-state index in [-0.39, 0.29) is 11.2 Å². The summed E-state index contributed by atoms with van der Waals surface area (Å²) in [5, 5.41) is 19.3. The Morgan fingerprint density at radius 1 is 1.34 bits per heavy atom. The number of thioether (sulfide) groups is 1. The van der Waals surface area contributed by atoms with Crippen molar-refractivity contribution in [1.82, 2.24) is 10.2 Å². The molecular weight excluding hydrogens is 458 g/mol. The molecule has 0 saturated carbocycles. The molecule has 2 aliphatic rings. The van der Waals surface area contributed by atoms with Gasteiger partial charge in [-0.1, -0.05) is 49.9 Å². The molecular formula is C23H25N5OS3. The second kappa shape index (κ2) is 8.85. The van der Waals surface area contributed by atoms with Crippen LogP contribution in [-0.4, -0.2) is 21.7 Å². The summed E-state index contributed by atoms with van der Waals surface area (Å²) in [6, 6.07) is 6.45. The number of nitrogens with zero attached hydrogens (tertiary/aromatic N) is 4. The third-order valence-corrected chi connectivity index (χ3v) is 9.09. The van der Waals surface area contributed by atoms with Crippen LogP contribution in [0.5, 0.6) is 0 Å². The summed E-state index contributed by atoms with van der Waals surface area (Å²) >= 11 is 4.60. The van der Waals surface area contributed by atoms with E-state index in [0.29, 0.717) is 34.9 Å². The second-order valence-electron chi connectivity index (χ2n) is 8.72. The number of hydrogen-bond donors (Lipinski definition) is 1. The molecule has 2 N–H and O–H groups in total. The summed E-state index contributed by atoms with van der Waals surface area (Å²) in [6.45, 7) is 10.2. The van der Waals surface area contributed by atoms with Gasteiger partial charge in [-0.15, -0.1) is 28.1 Å². The van der Waals surface area contributed by atoms with E-state index >= 15 is 0 Å². The number of aromatic nitrogens is 2. The van der Waals surface area contributed by atoms with Gasteiger partial charge in [0.25, 0.3) is 0 Å². The van der Waals surface area contributed by atoms with Gasteiger partial charge in [-0.05, 0) is 30.4 Å². The van der Waals surface area contributed by atoms with Crippen LogP contribution in [0.25, 0.3) is 0 Å². The van der Waals surface area contributed by atoms with E-state index in [1.807, 2.05) is 12.1 Å². The maximum absolute atomic E-state index is 13.2. The zero-order valence-corrected chi connectivity index (χ0v) is 20.8. The van der Waals surface area contributed by atoms with Crippen LogP contribution in [0.3, 0.4) is 0 Å². The van der Waals surface area contributed by atoms with E-state index in [2.05, 4.69) is 49.7 Å². The molecule has 0 amide bonds. The Labute approximate surface area is 200 Å². The SMILES string of the molecule is C=CCSc1nnc(N2C(N)=C(C#N)C(c3ccc(C(C)(C)C)s3)C3=C2CCCC3=O)s1. The molecule has 0 fully saturated rings. The molecule has 0 saturated heterocycles. The van der Waals surface area contributed by atoms with Crippen LogP contribution in [0.2, 0.25) is 0 Å². The molecule has 1 unspecified atom stereocenters. The predicted molar refractivity (Wildman–Crippen MR) is 132 cm³/mol. The quantitative estimate of drug-likeness (QED) is 0.444. The molecule has 1 aliphatic carbocycles. The highest BCUT2D eigenvalue weighted by Crippen LogP contribution is 2.49. The van der Waals surface area contributed by atoms with Crippen LogP contribution >= 0.6 is 34.4 Å². The number of ketones is 1.